The van der Waals surface area contributed by atoms with Gasteiger partial charge in [0.25, 0.3) is 5.91 Å². The Morgan fingerprint density at radius 2 is 1.90 bits per heavy atom. The fourth-order valence-electron chi connectivity index (χ4n) is 3.61. The van der Waals surface area contributed by atoms with Crippen molar-refractivity contribution in [3.05, 3.63) is 95.1 Å². The van der Waals surface area contributed by atoms with Gasteiger partial charge in [0.15, 0.2) is 11.5 Å². The molecule has 152 valence electrons. The predicted molar refractivity (Wildman–Crippen MR) is 112 cm³/mol. The van der Waals surface area contributed by atoms with Crippen molar-refractivity contribution in [3.8, 4) is 5.75 Å². The molecular formula is C24H21NO5. The molecule has 0 aliphatic carbocycles. The maximum absolute atomic E-state index is 13.2. The van der Waals surface area contributed by atoms with Gasteiger partial charge in [0.05, 0.1) is 24.5 Å². The van der Waals surface area contributed by atoms with E-state index in [4.69, 9.17) is 9.15 Å². The fraction of sp³-hybridized carbons (Fsp3) is 0.167. The summed E-state index contributed by atoms with van der Waals surface area (Å²) < 4.78 is 10.8. The first kappa shape index (κ1) is 19.5. The molecule has 1 aliphatic heterocycles. The molecule has 1 aromatic heterocycles. The van der Waals surface area contributed by atoms with Crippen molar-refractivity contribution in [1.82, 2.24) is 0 Å². The number of amides is 1. The SMILES string of the molecule is CCOc1cccc(C2C(C(=O)c3ccco3)=C(O)C(=O)N2c2ccc(C)cc2)c1. The van der Waals surface area contributed by atoms with Crippen LogP contribution in [0.2, 0.25) is 0 Å². The van der Waals surface area contributed by atoms with Crippen molar-refractivity contribution in [2.75, 3.05) is 11.5 Å². The Kier molecular flexibility index (Phi) is 5.14. The van der Waals surface area contributed by atoms with Crippen molar-refractivity contribution in [2.45, 2.75) is 19.9 Å². The van der Waals surface area contributed by atoms with Gasteiger partial charge in [0.2, 0.25) is 5.78 Å². The molecule has 6 nitrogen and oxygen atoms in total. The van der Waals surface area contributed by atoms with Crippen LogP contribution in [0.25, 0.3) is 0 Å². The highest BCUT2D eigenvalue weighted by Gasteiger charge is 2.45. The lowest BCUT2D eigenvalue weighted by molar-refractivity contribution is -0.117. The lowest BCUT2D eigenvalue weighted by Gasteiger charge is -2.27. The van der Waals surface area contributed by atoms with E-state index in [1.807, 2.05) is 26.0 Å². The Morgan fingerprint density at radius 1 is 1.13 bits per heavy atom. The van der Waals surface area contributed by atoms with Gasteiger partial charge in [-0.25, -0.2) is 0 Å². The number of anilines is 1. The van der Waals surface area contributed by atoms with Crippen LogP contribution in [-0.2, 0) is 4.79 Å². The Bertz CT molecular complexity index is 1110. The number of Topliss-reactive ketones (excluding diaryl/α,β-unsaturated/α-hetero) is 1. The zero-order valence-electron chi connectivity index (χ0n) is 16.7. The molecule has 4 rings (SSSR count). The summed E-state index contributed by atoms with van der Waals surface area (Å²) in [5.74, 6) is -1.08. The van der Waals surface area contributed by atoms with Gasteiger partial charge >= 0.3 is 0 Å². The molecule has 0 saturated heterocycles. The average Bonchev–Trinajstić information content (AvgIpc) is 3.37. The Morgan fingerprint density at radius 3 is 2.57 bits per heavy atom. The van der Waals surface area contributed by atoms with Gasteiger partial charge in [-0.3, -0.25) is 14.5 Å². The van der Waals surface area contributed by atoms with E-state index >= 15 is 0 Å². The topological polar surface area (TPSA) is 80.0 Å². The molecule has 0 fully saturated rings. The minimum Gasteiger partial charge on any atom is -0.503 e. The molecule has 0 spiro atoms. The van der Waals surface area contributed by atoms with Gasteiger partial charge in [0.1, 0.15) is 5.75 Å². The quantitative estimate of drug-likeness (QED) is 0.600. The van der Waals surface area contributed by atoms with Crippen molar-refractivity contribution in [1.29, 1.82) is 0 Å². The Hall–Kier alpha value is -3.80. The van der Waals surface area contributed by atoms with Crippen LogP contribution in [0.1, 0.15) is 34.6 Å². The fourth-order valence-corrected chi connectivity index (χ4v) is 3.61. The van der Waals surface area contributed by atoms with E-state index in [1.165, 1.54) is 17.2 Å². The average molecular weight is 403 g/mol. The first-order chi connectivity index (χ1) is 14.5. The van der Waals surface area contributed by atoms with Gasteiger partial charge < -0.3 is 14.3 Å². The number of ketones is 1. The largest absolute Gasteiger partial charge is 0.503 e. The number of aliphatic hydroxyl groups excluding tert-OH is 1. The maximum Gasteiger partial charge on any atom is 0.294 e. The number of ether oxygens (including phenoxy) is 1. The van der Waals surface area contributed by atoms with Crippen LogP contribution in [0.5, 0.6) is 5.75 Å². The number of furan rings is 1. The third-order valence-electron chi connectivity index (χ3n) is 4.99. The smallest absolute Gasteiger partial charge is 0.294 e. The highest BCUT2D eigenvalue weighted by atomic mass is 16.5. The second kappa shape index (κ2) is 7.91. The Balaban J connectivity index is 1.87. The molecule has 1 atom stereocenters. The zero-order valence-corrected chi connectivity index (χ0v) is 16.7. The maximum atomic E-state index is 13.2. The normalized spacial score (nSPS) is 16.3. The molecule has 1 N–H and O–H groups in total. The van der Waals surface area contributed by atoms with Gasteiger partial charge in [-0.1, -0.05) is 29.8 Å². The molecule has 0 bridgehead atoms. The third kappa shape index (κ3) is 3.37. The number of nitrogens with zero attached hydrogens (tertiary/aromatic N) is 1. The van der Waals surface area contributed by atoms with Crippen LogP contribution in [0.3, 0.4) is 0 Å². The minimum absolute atomic E-state index is 0.0239. The second-order valence-corrected chi connectivity index (χ2v) is 6.99. The molecule has 3 aromatic rings. The lowest BCUT2D eigenvalue weighted by atomic mass is 9.94. The molecule has 1 amide bonds. The summed E-state index contributed by atoms with van der Waals surface area (Å²) in [4.78, 5) is 27.7. The highest BCUT2D eigenvalue weighted by Crippen LogP contribution is 2.42. The minimum atomic E-state index is -0.821. The summed E-state index contributed by atoms with van der Waals surface area (Å²) in [7, 11) is 0. The predicted octanol–water partition coefficient (Wildman–Crippen LogP) is 4.77. The van der Waals surface area contributed by atoms with Crippen LogP contribution in [0.4, 0.5) is 5.69 Å². The number of benzene rings is 2. The molecule has 0 radical (unpaired) electrons. The van der Waals surface area contributed by atoms with Crippen molar-refractivity contribution >= 4 is 17.4 Å². The summed E-state index contributed by atoms with van der Waals surface area (Å²) >= 11 is 0. The first-order valence-corrected chi connectivity index (χ1v) is 9.65. The van der Waals surface area contributed by atoms with E-state index in [1.54, 1.807) is 42.5 Å². The van der Waals surface area contributed by atoms with Crippen LogP contribution >= 0.6 is 0 Å². The summed E-state index contributed by atoms with van der Waals surface area (Å²) in [6.45, 7) is 4.30. The molecule has 1 aliphatic rings. The standard InChI is InChI=1S/C24H21NO5/c1-3-29-18-7-4-6-16(14-18)21-20(22(26)19-8-5-13-30-19)23(27)24(28)25(21)17-11-9-15(2)10-12-17/h4-14,21,27H,3H2,1-2H3. The van der Waals surface area contributed by atoms with Crippen LogP contribution in [0.15, 0.2) is 82.7 Å². The number of aryl methyl sites for hydroxylation is 1. The number of hydrogen-bond acceptors (Lipinski definition) is 5. The molecule has 2 heterocycles. The van der Waals surface area contributed by atoms with E-state index in [2.05, 4.69) is 0 Å². The molecule has 0 saturated carbocycles. The highest BCUT2D eigenvalue weighted by molar-refractivity contribution is 6.20. The monoisotopic (exact) mass is 403 g/mol. The zero-order chi connectivity index (χ0) is 21.3. The number of aliphatic hydroxyl groups is 1. The first-order valence-electron chi connectivity index (χ1n) is 9.65. The van der Waals surface area contributed by atoms with E-state index in [0.29, 0.717) is 23.6 Å². The summed E-state index contributed by atoms with van der Waals surface area (Å²) in [6, 6.07) is 16.8. The van der Waals surface area contributed by atoms with Gasteiger partial charge in [-0.05, 0) is 55.8 Å². The summed E-state index contributed by atoms with van der Waals surface area (Å²) in [5, 5.41) is 10.7. The van der Waals surface area contributed by atoms with Crippen LogP contribution in [0, 0.1) is 6.92 Å². The van der Waals surface area contributed by atoms with E-state index in [-0.39, 0.29) is 11.3 Å². The van der Waals surface area contributed by atoms with Crippen molar-refractivity contribution < 1.29 is 23.8 Å². The van der Waals surface area contributed by atoms with Gasteiger partial charge in [0, 0.05) is 5.69 Å². The third-order valence-corrected chi connectivity index (χ3v) is 4.99. The number of carbonyl (C=O) groups is 2. The lowest BCUT2D eigenvalue weighted by Crippen LogP contribution is -2.31. The van der Waals surface area contributed by atoms with E-state index in [0.717, 1.165) is 5.56 Å². The van der Waals surface area contributed by atoms with Crippen LogP contribution < -0.4 is 9.64 Å². The molecule has 6 heteroatoms. The molecule has 30 heavy (non-hydrogen) atoms. The summed E-state index contributed by atoms with van der Waals surface area (Å²) in [6.07, 6.45) is 1.38. The molecule has 2 aromatic carbocycles. The van der Waals surface area contributed by atoms with Crippen LogP contribution in [-0.4, -0.2) is 23.4 Å². The van der Waals surface area contributed by atoms with Gasteiger partial charge in [-0.2, -0.15) is 0 Å². The van der Waals surface area contributed by atoms with E-state index in [9.17, 15) is 14.7 Å². The van der Waals surface area contributed by atoms with Crippen molar-refractivity contribution in [2.24, 2.45) is 0 Å². The molecule has 1 unspecified atom stereocenters. The van der Waals surface area contributed by atoms with Crippen molar-refractivity contribution in [3.63, 3.8) is 0 Å². The number of hydrogen-bond donors (Lipinski definition) is 1. The summed E-state index contributed by atoms with van der Waals surface area (Å²) in [5.41, 5.74) is 2.23. The second-order valence-electron chi connectivity index (χ2n) is 6.99. The number of rotatable bonds is 6. The van der Waals surface area contributed by atoms with E-state index < -0.39 is 23.5 Å². The Labute approximate surface area is 174 Å². The van der Waals surface area contributed by atoms with Gasteiger partial charge in [-0.15, -0.1) is 0 Å². The molecular weight excluding hydrogens is 382 g/mol. The number of carbonyl (C=O) groups excluding carboxylic acids is 2.